The first-order valence-corrected chi connectivity index (χ1v) is 3.70. The van der Waals surface area contributed by atoms with Crippen molar-refractivity contribution in [3.8, 4) is 0 Å². The Morgan fingerprint density at radius 2 is 2.27 bits per heavy atom. The Bertz CT molecular complexity index is 117. The molecule has 0 fully saturated rings. The van der Waals surface area contributed by atoms with Gasteiger partial charge in [-0.05, 0) is 14.0 Å². The number of hydrogen-bond acceptors (Lipinski definition) is 3. The monoisotopic (exact) mass is 160 g/mol. The molecular formula is C7H16N2O2. The van der Waals surface area contributed by atoms with Crippen molar-refractivity contribution < 1.29 is 9.53 Å². The lowest BCUT2D eigenvalue weighted by molar-refractivity contribution is -0.124. The molecule has 0 aromatic rings. The molecule has 1 atom stereocenters. The minimum absolute atomic E-state index is 0.0168. The molecule has 2 N–H and O–H groups in total. The number of carbonyl (C=O) groups excluding carboxylic acids is 1. The molecule has 1 unspecified atom stereocenters. The topological polar surface area (TPSA) is 50.4 Å². The zero-order chi connectivity index (χ0) is 8.69. The lowest BCUT2D eigenvalue weighted by atomic mass is 10.3. The van der Waals surface area contributed by atoms with E-state index < -0.39 is 0 Å². The molecule has 0 heterocycles. The number of rotatable bonds is 5. The highest BCUT2D eigenvalue weighted by molar-refractivity contribution is 5.81. The van der Waals surface area contributed by atoms with E-state index in [-0.39, 0.29) is 11.9 Å². The Hall–Kier alpha value is -0.610. The fraction of sp³-hybridized carbons (Fsp3) is 0.857. The molecule has 4 nitrogen and oxygen atoms in total. The predicted molar refractivity (Wildman–Crippen MR) is 43.4 cm³/mol. The quantitative estimate of drug-likeness (QED) is 0.562. The number of amides is 1. The summed E-state index contributed by atoms with van der Waals surface area (Å²) in [6.45, 7) is 2.94. The van der Waals surface area contributed by atoms with Gasteiger partial charge in [0.1, 0.15) is 6.04 Å². The van der Waals surface area contributed by atoms with Crippen LogP contribution in [-0.4, -0.2) is 39.3 Å². The van der Waals surface area contributed by atoms with Crippen molar-refractivity contribution in [3.05, 3.63) is 0 Å². The van der Waals surface area contributed by atoms with Gasteiger partial charge >= 0.3 is 0 Å². The molecule has 0 rings (SSSR count). The molecule has 11 heavy (non-hydrogen) atoms. The van der Waals surface area contributed by atoms with Crippen LogP contribution in [0, 0.1) is 0 Å². The summed E-state index contributed by atoms with van der Waals surface area (Å²) in [4.78, 5) is 11.1. The molecule has 0 bridgehead atoms. The molecule has 66 valence electrons. The zero-order valence-corrected chi connectivity index (χ0v) is 7.31. The first-order chi connectivity index (χ1) is 5.26. The summed E-state index contributed by atoms with van der Waals surface area (Å²) in [6.07, 6.45) is 0. The van der Waals surface area contributed by atoms with Gasteiger partial charge in [-0.25, -0.2) is 0 Å². The van der Waals surface area contributed by atoms with E-state index in [0.29, 0.717) is 13.2 Å². The minimum atomic E-state index is -0.236. The molecule has 1 amide bonds. The number of methoxy groups -OCH3 is 1. The molecule has 0 saturated carbocycles. The van der Waals surface area contributed by atoms with Crippen LogP contribution in [0.15, 0.2) is 0 Å². The largest absolute Gasteiger partial charge is 0.383 e. The van der Waals surface area contributed by atoms with Crippen LogP contribution in [0.2, 0.25) is 0 Å². The highest BCUT2D eigenvalue weighted by Crippen LogP contribution is 1.83. The lowest BCUT2D eigenvalue weighted by Gasteiger charge is -2.13. The second-order valence-electron chi connectivity index (χ2n) is 2.19. The fourth-order valence-corrected chi connectivity index (χ4v) is 0.754. The zero-order valence-electron chi connectivity index (χ0n) is 7.31. The normalized spacial score (nSPS) is 12.6. The van der Waals surface area contributed by atoms with Crippen LogP contribution < -0.4 is 10.6 Å². The van der Waals surface area contributed by atoms with E-state index in [4.69, 9.17) is 4.74 Å². The Balaban J connectivity index is 3.71. The fourth-order valence-electron chi connectivity index (χ4n) is 0.754. The second kappa shape index (κ2) is 6.12. The first kappa shape index (κ1) is 10.4. The standard InChI is InChI=1S/C7H16N2O2/c1-4-9-7(10)6(8-2)5-11-3/h6,8H,4-5H2,1-3H3,(H,9,10). The van der Waals surface area contributed by atoms with Crippen LogP contribution in [0.1, 0.15) is 6.92 Å². The van der Waals surface area contributed by atoms with Gasteiger partial charge in [-0.3, -0.25) is 4.79 Å². The maximum atomic E-state index is 11.1. The van der Waals surface area contributed by atoms with Crippen molar-refractivity contribution in [3.63, 3.8) is 0 Å². The highest BCUT2D eigenvalue weighted by atomic mass is 16.5. The van der Waals surface area contributed by atoms with E-state index in [1.165, 1.54) is 0 Å². The molecular weight excluding hydrogens is 144 g/mol. The minimum Gasteiger partial charge on any atom is -0.383 e. The van der Waals surface area contributed by atoms with Crippen LogP contribution in [0.25, 0.3) is 0 Å². The van der Waals surface area contributed by atoms with Crippen molar-refractivity contribution in [2.75, 3.05) is 27.3 Å². The summed E-state index contributed by atoms with van der Waals surface area (Å²) in [7, 11) is 3.31. The van der Waals surface area contributed by atoms with Crippen LogP contribution in [-0.2, 0) is 9.53 Å². The Morgan fingerprint density at radius 1 is 1.64 bits per heavy atom. The maximum Gasteiger partial charge on any atom is 0.239 e. The number of nitrogens with one attached hydrogen (secondary N) is 2. The summed E-state index contributed by atoms with van der Waals surface area (Å²) in [5.74, 6) is -0.0168. The van der Waals surface area contributed by atoms with Gasteiger partial charge in [-0.1, -0.05) is 0 Å². The van der Waals surface area contributed by atoms with E-state index in [2.05, 4.69) is 10.6 Å². The molecule has 0 radical (unpaired) electrons. The number of likely N-dealkylation sites (N-methyl/N-ethyl adjacent to an activating group) is 2. The molecule has 0 aromatic heterocycles. The molecule has 4 heteroatoms. The SMILES string of the molecule is CCNC(=O)C(COC)NC. The average molecular weight is 160 g/mol. The Labute approximate surface area is 67.3 Å². The van der Waals surface area contributed by atoms with Crippen LogP contribution in [0.5, 0.6) is 0 Å². The van der Waals surface area contributed by atoms with Crippen molar-refractivity contribution >= 4 is 5.91 Å². The smallest absolute Gasteiger partial charge is 0.239 e. The Morgan fingerprint density at radius 3 is 2.64 bits per heavy atom. The lowest BCUT2D eigenvalue weighted by Crippen LogP contribution is -2.45. The predicted octanol–water partition coefficient (Wildman–Crippen LogP) is -0.643. The third kappa shape index (κ3) is 3.95. The van der Waals surface area contributed by atoms with Gasteiger partial charge in [0.15, 0.2) is 0 Å². The summed E-state index contributed by atoms with van der Waals surface area (Å²) >= 11 is 0. The van der Waals surface area contributed by atoms with E-state index >= 15 is 0 Å². The summed E-state index contributed by atoms with van der Waals surface area (Å²) in [5, 5.41) is 5.55. The summed E-state index contributed by atoms with van der Waals surface area (Å²) < 4.78 is 4.84. The third-order valence-corrected chi connectivity index (χ3v) is 1.35. The van der Waals surface area contributed by atoms with Gasteiger partial charge in [0.2, 0.25) is 5.91 Å². The maximum absolute atomic E-state index is 11.1. The van der Waals surface area contributed by atoms with Gasteiger partial charge in [0.25, 0.3) is 0 Å². The highest BCUT2D eigenvalue weighted by Gasteiger charge is 2.13. The van der Waals surface area contributed by atoms with Crippen LogP contribution in [0.4, 0.5) is 0 Å². The Kier molecular flexibility index (Phi) is 5.78. The van der Waals surface area contributed by atoms with Crippen molar-refractivity contribution in [2.24, 2.45) is 0 Å². The van der Waals surface area contributed by atoms with E-state index in [1.54, 1.807) is 14.2 Å². The van der Waals surface area contributed by atoms with E-state index in [1.807, 2.05) is 6.92 Å². The molecule has 0 aliphatic rings. The van der Waals surface area contributed by atoms with Gasteiger partial charge in [0, 0.05) is 13.7 Å². The van der Waals surface area contributed by atoms with Gasteiger partial charge in [-0.2, -0.15) is 0 Å². The molecule has 0 aliphatic heterocycles. The van der Waals surface area contributed by atoms with Crippen molar-refractivity contribution in [1.29, 1.82) is 0 Å². The third-order valence-electron chi connectivity index (χ3n) is 1.35. The number of hydrogen-bond donors (Lipinski definition) is 2. The number of carbonyl (C=O) groups is 1. The van der Waals surface area contributed by atoms with E-state index in [9.17, 15) is 4.79 Å². The van der Waals surface area contributed by atoms with Crippen molar-refractivity contribution in [1.82, 2.24) is 10.6 Å². The van der Waals surface area contributed by atoms with Gasteiger partial charge < -0.3 is 15.4 Å². The molecule has 0 aromatic carbocycles. The number of ether oxygens (including phenoxy) is 1. The van der Waals surface area contributed by atoms with Crippen LogP contribution in [0.3, 0.4) is 0 Å². The molecule has 0 saturated heterocycles. The van der Waals surface area contributed by atoms with Crippen LogP contribution >= 0.6 is 0 Å². The first-order valence-electron chi connectivity index (χ1n) is 3.70. The van der Waals surface area contributed by atoms with Crippen molar-refractivity contribution in [2.45, 2.75) is 13.0 Å². The average Bonchev–Trinajstić information content (AvgIpc) is 2.00. The molecule has 0 spiro atoms. The van der Waals surface area contributed by atoms with Gasteiger partial charge in [0.05, 0.1) is 6.61 Å². The summed E-state index contributed by atoms with van der Waals surface area (Å²) in [5.41, 5.74) is 0. The van der Waals surface area contributed by atoms with Gasteiger partial charge in [-0.15, -0.1) is 0 Å². The summed E-state index contributed by atoms with van der Waals surface area (Å²) in [6, 6.07) is -0.236. The molecule has 0 aliphatic carbocycles. The van der Waals surface area contributed by atoms with E-state index in [0.717, 1.165) is 0 Å². The second-order valence-corrected chi connectivity index (χ2v) is 2.19.